The summed E-state index contributed by atoms with van der Waals surface area (Å²) in [5.41, 5.74) is 1.57. The van der Waals surface area contributed by atoms with Crippen LogP contribution in [0.1, 0.15) is 23.3 Å². The summed E-state index contributed by atoms with van der Waals surface area (Å²) in [5, 5.41) is 1.03. The van der Waals surface area contributed by atoms with Gasteiger partial charge in [0.05, 0.1) is 13.0 Å². The van der Waals surface area contributed by atoms with E-state index in [0.717, 1.165) is 10.9 Å². The van der Waals surface area contributed by atoms with Gasteiger partial charge < -0.3 is 14.6 Å². The number of methoxy groups -OCH3 is 1. The maximum absolute atomic E-state index is 12.5. The maximum atomic E-state index is 12.5. The molecule has 1 N–H and O–H groups in total. The van der Waals surface area contributed by atoms with Gasteiger partial charge >= 0.3 is 5.97 Å². The van der Waals surface area contributed by atoms with E-state index in [2.05, 4.69) is 4.98 Å². The molecule has 0 spiro atoms. The van der Waals surface area contributed by atoms with E-state index in [1.807, 2.05) is 30.3 Å². The van der Waals surface area contributed by atoms with Crippen molar-refractivity contribution in [2.45, 2.75) is 12.8 Å². The van der Waals surface area contributed by atoms with Crippen LogP contribution < -0.4 is 0 Å². The van der Waals surface area contributed by atoms with Crippen molar-refractivity contribution in [3.05, 3.63) is 36.0 Å². The number of ether oxygens (including phenoxy) is 1. The Hall–Kier alpha value is -2.30. The zero-order valence-electron chi connectivity index (χ0n) is 12.0. The van der Waals surface area contributed by atoms with Crippen molar-refractivity contribution >= 4 is 22.8 Å². The van der Waals surface area contributed by atoms with Gasteiger partial charge in [-0.15, -0.1) is 0 Å². The van der Waals surface area contributed by atoms with Crippen molar-refractivity contribution in [3.63, 3.8) is 0 Å². The first-order valence-corrected chi connectivity index (χ1v) is 7.14. The third-order valence-electron chi connectivity index (χ3n) is 4.08. The average molecular weight is 286 g/mol. The third kappa shape index (κ3) is 2.63. The second kappa shape index (κ2) is 5.60. The summed E-state index contributed by atoms with van der Waals surface area (Å²) in [6, 6.07) is 9.70. The molecule has 1 fully saturated rings. The van der Waals surface area contributed by atoms with Crippen LogP contribution in [0.15, 0.2) is 30.3 Å². The van der Waals surface area contributed by atoms with Crippen LogP contribution in [-0.4, -0.2) is 42.0 Å². The molecule has 1 aliphatic heterocycles. The molecule has 0 unspecified atom stereocenters. The van der Waals surface area contributed by atoms with Crippen molar-refractivity contribution in [2.75, 3.05) is 20.2 Å². The second-order valence-electron chi connectivity index (χ2n) is 5.36. The molecule has 5 heteroatoms. The van der Waals surface area contributed by atoms with E-state index >= 15 is 0 Å². The molecule has 0 bridgehead atoms. The molecule has 2 heterocycles. The van der Waals surface area contributed by atoms with E-state index in [-0.39, 0.29) is 17.8 Å². The van der Waals surface area contributed by atoms with E-state index in [1.54, 1.807) is 4.90 Å². The number of rotatable bonds is 2. The predicted molar refractivity (Wildman–Crippen MR) is 78.9 cm³/mol. The zero-order chi connectivity index (χ0) is 14.8. The highest BCUT2D eigenvalue weighted by Crippen LogP contribution is 2.21. The van der Waals surface area contributed by atoms with Gasteiger partial charge in [0.1, 0.15) is 5.69 Å². The fraction of sp³-hybridized carbons (Fsp3) is 0.375. The van der Waals surface area contributed by atoms with Crippen molar-refractivity contribution in [3.8, 4) is 0 Å². The molecule has 0 atom stereocenters. The monoisotopic (exact) mass is 286 g/mol. The molecule has 21 heavy (non-hydrogen) atoms. The summed E-state index contributed by atoms with van der Waals surface area (Å²) in [4.78, 5) is 28.9. The van der Waals surface area contributed by atoms with Crippen molar-refractivity contribution in [1.29, 1.82) is 0 Å². The third-order valence-corrected chi connectivity index (χ3v) is 4.08. The van der Waals surface area contributed by atoms with E-state index in [1.165, 1.54) is 7.11 Å². The smallest absolute Gasteiger partial charge is 0.308 e. The summed E-state index contributed by atoms with van der Waals surface area (Å²) >= 11 is 0. The van der Waals surface area contributed by atoms with Crippen molar-refractivity contribution < 1.29 is 14.3 Å². The summed E-state index contributed by atoms with van der Waals surface area (Å²) in [6.07, 6.45) is 1.33. The number of carbonyl (C=O) groups is 2. The lowest BCUT2D eigenvalue weighted by Gasteiger charge is -2.30. The molecule has 0 radical (unpaired) electrons. The number of esters is 1. The molecular weight excluding hydrogens is 268 g/mol. The number of H-pyrrole nitrogens is 1. The van der Waals surface area contributed by atoms with Crippen LogP contribution >= 0.6 is 0 Å². The number of benzene rings is 1. The number of piperidine rings is 1. The van der Waals surface area contributed by atoms with E-state index in [0.29, 0.717) is 31.6 Å². The Labute approximate surface area is 122 Å². The van der Waals surface area contributed by atoms with Gasteiger partial charge in [-0.1, -0.05) is 18.2 Å². The molecule has 110 valence electrons. The number of para-hydroxylation sites is 1. The second-order valence-corrected chi connectivity index (χ2v) is 5.36. The number of hydrogen-bond acceptors (Lipinski definition) is 3. The Morgan fingerprint density at radius 1 is 1.24 bits per heavy atom. The van der Waals surface area contributed by atoms with Crippen LogP contribution in [0.5, 0.6) is 0 Å². The van der Waals surface area contributed by atoms with Gasteiger partial charge in [0.2, 0.25) is 0 Å². The standard InChI is InChI=1S/C16H18N2O3/c1-21-16(20)11-6-8-18(9-7-11)15(19)14-10-12-4-2-3-5-13(12)17-14/h2-5,10-11,17H,6-9H2,1H3. The van der Waals surface area contributed by atoms with Crippen molar-refractivity contribution in [1.82, 2.24) is 9.88 Å². The number of likely N-dealkylation sites (tertiary alicyclic amines) is 1. The lowest BCUT2D eigenvalue weighted by molar-refractivity contribution is -0.146. The Bertz CT molecular complexity index is 636. The molecule has 1 aromatic heterocycles. The highest BCUT2D eigenvalue weighted by Gasteiger charge is 2.28. The fourth-order valence-electron chi connectivity index (χ4n) is 2.84. The van der Waals surface area contributed by atoms with Crippen LogP contribution in [0.4, 0.5) is 0 Å². The highest BCUT2D eigenvalue weighted by atomic mass is 16.5. The van der Waals surface area contributed by atoms with E-state index in [9.17, 15) is 9.59 Å². The number of hydrogen-bond donors (Lipinski definition) is 1. The Balaban J connectivity index is 1.70. The number of amides is 1. The highest BCUT2D eigenvalue weighted by molar-refractivity contribution is 5.98. The lowest BCUT2D eigenvalue weighted by Crippen LogP contribution is -2.40. The molecule has 1 aromatic carbocycles. The molecule has 1 aliphatic rings. The quantitative estimate of drug-likeness (QED) is 0.861. The largest absolute Gasteiger partial charge is 0.469 e. The summed E-state index contributed by atoms with van der Waals surface area (Å²) in [7, 11) is 1.41. The molecule has 5 nitrogen and oxygen atoms in total. The molecule has 3 rings (SSSR count). The first-order chi connectivity index (χ1) is 10.2. The molecule has 0 saturated carbocycles. The molecule has 0 aliphatic carbocycles. The number of nitrogens with one attached hydrogen (secondary N) is 1. The molecular formula is C16H18N2O3. The number of carbonyl (C=O) groups excluding carboxylic acids is 2. The lowest BCUT2D eigenvalue weighted by atomic mass is 9.97. The summed E-state index contributed by atoms with van der Waals surface area (Å²) in [6.45, 7) is 1.18. The summed E-state index contributed by atoms with van der Waals surface area (Å²) in [5.74, 6) is -0.260. The maximum Gasteiger partial charge on any atom is 0.308 e. The van der Waals surface area contributed by atoms with Crippen LogP contribution in [0.25, 0.3) is 10.9 Å². The van der Waals surface area contributed by atoms with Crippen LogP contribution in [0, 0.1) is 5.92 Å². The topological polar surface area (TPSA) is 62.4 Å². The SMILES string of the molecule is COC(=O)C1CCN(C(=O)c2cc3ccccc3[nH]2)CC1. The van der Waals surface area contributed by atoms with Gasteiger partial charge in [0.25, 0.3) is 5.91 Å². The first-order valence-electron chi connectivity index (χ1n) is 7.14. The molecule has 1 amide bonds. The molecule has 1 saturated heterocycles. The predicted octanol–water partition coefficient (Wildman–Crippen LogP) is 2.19. The summed E-state index contributed by atoms with van der Waals surface area (Å²) < 4.78 is 4.76. The minimum absolute atomic E-state index is 0.00508. The van der Waals surface area contributed by atoms with Crippen LogP contribution in [-0.2, 0) is 9.53 Å². The van der Waals surface area contributed by atoms with Gasteiger partial charge in [-0.05, 0) is 25.0 Å². The normalized spacial score (nSPS) is 16.1. The zero-order valence-corrected chi connectivity index (χ0v) is 12.0. The molecule has 2 aromatic rings. The Morgan fingerprint density at radius 2 is 1.95 bits per heavy atom. The first kappa shape index (κ1) is 13.7. The minimum atomic E-state index is -0.173. The van der Waals surface area contributed by atoms with Crippen LogP contribution in [0.2, 0.25) is 0 Å². The van der Waals surface area contributed by atoms with Gasteiger partial charge in [-0.25, -0.2) is 0 Å². The van der Waals surface area contributed by atoms with Gasteiger partial charge in [0.15, 0.2) is 0 Å². The number of nitrogens with zero attached hydrogens (tertiary/aromatic N) is 1. The minimum Gasteiger partial charge on any atom is -0.469 e. The van der Waals surface area contributed by atoms with E-state index in [4.69, 9.17) is 4.74 Å². The Kier molecular flexibility index (Phi) is 3.64. The van der Waals surface area contributed by atoms with Gasteiger partial charge in [-0.3, -0.25) is 9.59 Å². The number of aromatic nitrogens is 1. The van der Waals surface area contributed by atoms with Crippen LogP contribution in [0.3, 0.4) is 0 Å². The number of fused-ring (bicyclic) bond motifs is 1. The van der Waals surface area contributed by atoms with E-state index < -0.39 is 0 Å². The Morgan fingerprint density at radius 3 is 2.62 bits per heavy atom. The fourth-order valence-corrected chi connectivity index (χ4v) is 2.84. The average Bonchev–Trinajstić information content (AvgIpc) is 2.97. The van der Waals surface area contributed by atoms with Gasteiger partial charge in [0, 0.05) is 24.0 Å². The van der Waals surface area contributed by atoms with Crippen molar-refractivity contribution in [2.24, 2.45) is 5.92 Å². The number of aromatic amines is 1. The van der Waals surface area contributed by atoms with Gasteiger partial charge in [-0.2, -0.15) is 0 Å².